The lowest BCUT2D eigenvalue weighted by atomic mass is 9.87. The van der Waals surface area contributed by atoms with Crippen LogP contribution in [0, 0.1) is 12.3 Å². The van der Waals surface area contributed by atoms with Crippen LogP contribution in [0.3, 0.4) is 0 Å². The van der Waals surface area contributed by atoms with E-state index >= 15 is 0 Å². The fourth-order valence-corrected chi connectivity index (χ4v) is 3.52. The molecule has 0 bridgehead atoms. The first-order chi connectivity index (χ1) is 9.49. The zero-order chi connectivity index (χ0) is 16.3. The Morgan fingerprint density at radius 1 is 1.33 bits per heavy atom. The number of sulfonamides is 1. The number of nitrogens with one attached hydrogen (secondary N) is 1. The highest BCUT2D eigenvalue weighted by molar-refractivity contribution is 7.89. The third kappa shape index (κ3) is 6.27. The molecule has 0 saturated carbocycles. The average molecular weight is 313 g/mol. The van der Waals surface area contributed by atoms with Crippen molar-refractivity contribution in [3.63, 3.8) is 0 Å². The second-order valence-electron chi connectivity index (χ2n) is 6.50. The van der Waals surface area contributed by atoms with E-state index in [2.05, 4.69) is 4.72 Å². The maximum Gasteiger partial charge on any atom is 0.304 e. The quantitative estimate of drug-likeness (QED) is 0.845. The van der Waals surface area contributed by atoms with Gasteiger partial charge in [0.1, 0.15) is 0 Å². The molecular weight excluding hydrogens is 290 g/mol. The van der Waals surface area contributed by atoms with Crippen LogP contribution in [-0.4, -0.2) is 25.5 Å². The number of rotatable bonds is 6. The predicted molar refractivity (Wildman–Crippen MR) is 81.6 cm³/mol. The van der Waals surface area contributed by atoms with Gasteiger partial charge >= 0.3 is 5.97 Å². The minimum absolute atomic E-state index is 0.159. The van der Waals surface area contributed by atoms with E-state index in [-0.39, 0.29) is 16.7 Å². The summed E-state index contributed by atoms with van der Waals surface area (Å²) in [7, 11) is -3.71. The average Bonchev–Trinajstić information content (AvgIpc) is 2.24. The van der Waals surface area contributed by atoms with Crippen molar-refractivity contribution in [1.29, 1.82) is 0 Å². The summed E-state index contributed by atoms with van der Waals surface area (Å²) in [5.41, 5.74) is 0.665. The number of aryl methyl sites for hydroxylation is 1. The van der Waals surface area contributed by atoms with Crippen molar-refractivity contribution in [2.45, 2.75) is 51.5 Å². The molecule has 0 radical (unpaired) electrons. The van der Waals surface area contributed by atoms with Gasteiger partial charge in [0.25, 0.3) is 0 Å². The number of benzene rings is 1. The summed E-state index contributed by atoms with van der Waals surface area (Å²) in [4.78, 5) is 11.1. The summed E-state index contributed by atoms with van der Waals surface area (Å²) in [6.45, 7) is 7.65. The van der Waals surface area contributed by atoms with Gasteiger partial charge in [-0.1, -0.05) is 32.9 Å². The van der Waals surface area contributed by atoms with Crippen molar-refractivity contribution < 1.29 is 18.3 Å². The second kappa shape index (κ2) is 6.58. The standard InChI is InChI=1S/C15H23NO4S/c1-11-6-5-7-13(8-11)21(19,20)16-12(9-14(17)18)10-15(2,3)4/h5-8,12,16H,9-10H2,1-4H3,(H,17,18). The van der Waals surface area contributed by atoms with Crippen LogP contribution in [0.2, 0.25) is 0 Å². The molecule has 1 atom stereocenters. The molecule has 1 aromatic carbocycles. The van der Waals surface area contributed by atoms with Crippen LogP contribution in [0.4, 0.5) is 0 Å². The van der Waals surface area contributed by atoms with E-state index < -0.39 is 22.0 Å². The van der Waals surface area contributed by atoms with Crippen LogP contribution >= 0.6 is 0 Å². The molecule has 1 aromatic rings. The van der Waals surface area contributed by atoms with Crippen molar-refractivity contribution >= 4 is 16.0 Å². The lowest BCUT2D eigenvalue weighted by molar-refractivity contribution is -0.137. The van der Waals surface area contributed by atoms with E-state index in [1.54, 1.807) is 12.1 Å². The van der Waals surface area contributed by atoms with Crippen LogP contribution in [0.1, 0.15) is 39.2 Å². The molecule has 0 amide bonds. The van der Waals surface area contributed by atoms with E-state index in [9.17, 15) is 13.2 Å². The first-order valence-corrected chi connectivity index (χ1v) is 8.29. The Bertz CT molecular complexity index is 602. The Labute approximate surface area is 126 Å². The van der Waals surface area contributed by atoms with Crippen LogP contribution < -0.4 is 4.72 Å². The Hall–Kier alpha value is -1.40. The zero-order valence-corrected chi connectivity index (χ0v) is 13.7. The summed E-state index contributed by atoms with van der Waals surface area (Å²) in [6.07, 6.45) is 0.215. The van der Waals surface area contributed by atoms with Gasteiger partial charge in [0.05, 0.1) is 11.3 Å². The normalized spacial score (nSPS) is 13.9. The van der Waals surface area contributed by atoms with E-state index in [0.717, 1.165) is 5.56 Å². The molecule has 118 valence electrons. The molecule has 0 spiro atoms. The monoisotopic (exact) mass is 313 g/mol. The topological polar surface area (TPSA) is 83.5 Å². The minimum atomic E-state index is -3.71. The smallest absolute Gasteiger partial charge is 0.304 e. The molecule has 21 heavy (non-hydrogen) atoms. The molecule has 0 aromatic heterocycles. The lowest BCUT2D eigenvalue weighted by Gasteiger charge is -2.25. The third-order valence-electron chi connectivity index (χ3n) is 2.90. The number of hydrogen-bond acceptors (Lipinski definition) is 3. The Morgan fingerprint density at radius 3 is 2.43 bits per heavy atom. The van der Waals surface area contributed by atoms with Gasteiger partial charge in [0.2, 0.25) is 10.0 Å². The van der Waals surface area contributed by atoms with Gasteiger partial charge in [-0.15, -0.1) is 0 Å². The fourth-order valence-electron chi connectivity index (χ4n) is 2.18. The van der Waals surface area contributed by atoms with Crippen LogP contribution in [-0.2, 0) is 14.8 Å². The highest BCUT2D eigenvalue weighted by Crippen LogP contribution is 2.23. The summed E-state index contributed by atoms with van der Waals surface area (Å²) < 4.78 is 27.2. The Kier molecular flexibility index (Phi) is 5.53. The molecule has 1 unspecified atom stereocenters. The maximum absolute atomic E-state index is 12.4. The number of hydrogen-bond donors (Lipinski definition) is 2. The lowest BCUT2D eigenvalue weighted by Crippen LogP contribution is -2.39. The Balaban J connectivity index is 2.98. The largest absolute Gasteiger partial charge is 0.481 e. The van der Waals surface area contributed by atoms with Crippen molar-refractivity contribution in [1.82, 2.24) is 4.72 Å². The van der Waals surface area contributed by atoms with Gasteiger partial charge < -0.3 is 5.11 Å². The molecule has 0 heterocycles. The summed E-state index contributed by atoms with van der Waals surface area (Å²) in [5, 5.41) is 8.96. The first-order valence-electron chi connectivity index (χ1n) is 6.80. The van der Waals surface area contributed by atoms with Crippen LogP contribution in [0.5, 0.6) is 0 Å². The molecule has 0 aliphatic carbocycles. The minimum Gasteiger partial charge on any atom is -0.481 e. The van der Waals surface area contributed by atoms with Gasteiger partial charge in [0.15, 0.2) is 0 Å². The van der Waals surface area contributed by atoms with E-state index in [1.807, 2.05) is 33.8 Å². The number of carboxylic acids is 1. The van der Waals surface area contributed by atoms with E-state index in [4.69, 9.17) is 5.11 Å². The predicted octanol–water partition coefficient (Wildman–Crippen LogP) is 2.55. The molecule has 0 saturated heterocycles. The second-order valence-corrected chi connectivity index (χ2v) is 8.21. The highest BCUT2D eigenvalue weighted by atomic mass is 32.2. The SMILES string of the molecule is Cc1cccc(S(=O)(=O)NC(CC(=O)O)CC(C)(C)C)c1. The molecular formula is C15H23NO4S. The maximum atomic E-state index is 12.4. The van der Waals surface area contributed by atoms with Crippen molar-refractivity contribution in [3.8, 4) is 0 Å². The molecule has 0 aliphatic heterocycles. The van der Waals surface area contributed by atoms with Crippen molar-refractivity contribution in [3.05, 3.63) is 29.8 Å². The summed E-state index contributed by atoms with van der Waals surface area (Å²) in [5.74, 6) is -1.02. The van der Waals surface area contributed by atoms with Crippen LogP contribution in [0.15, 0.2) is 29.2 Å². The van der Waals surface area contributed by atoms with Crippen LogP contribution in [0.25, 0.3) is 0 Å². The van der Waals surface area contributed by atoms with Crippen molar-refractivity contribution in [2.24, 2.45) is 5.41 Å². The third-order valence-corrected chi connectivity index (χ3v) is 4.42. The molecule has 5 nitrogen and oxygen atoms in total. The molecule has 2 N–H and O–H groups in total. The fraction of sp³-hybridized carbons (Fsp3) is 0.533. The molecule has 0 aliphatic rings. The zero-order valence-electron chi connectivity index (χ0n) is 12.9. The number of carbonyl (C=O) groups is 1. The first kappa shape index (κ1) is 17.7. The van der Waals surface area contributed by atoms with E-state index in [0.29, 0.717) is 6.42 Å². The number of carboxylic acid groups (broad SMARTS) is 1. The van der Waals surface area contributed by atoms with Gasteiger partial charge in [-0.3, -0.25) is 4.79 Å². The van der Waals surface area contributed by atoms with Gasteiger partial charge in [-0.25, -0.2) is 13.1 Å². The van der Waals surface area contributed by atoms with E-state index in [1.165, 1.54) is 6.07 Å². The van der Waals surface area contributed by atoms with Crippen molar-refractivity contribution in [2.75, 3.05) is 0 Å². The van der Waals surface area contributed by atoms with Gasteiger partial charge in [-0.2, -0.15) is 0 Å². The highest BCUT2D eigenvalue weighted by Gasteiger charge is 2.26. The summed E-state index contributed by atoms with van der Waals surface area (Å²) in [6, 6.07) is 5.91. The summed E-state index contributed by atoms with van der Waals surface area (Å²) >= 11 is 0. The van der Waals surface area contributed by atoms with Gasteiger partial charge in [0, 0.05) is 6.04 Å². The molecule has 0 fully saturated rings. The molecule has 1 rings (SSSR count). The Morgan fingerprint density at radius 2 is 1.95 bits per heavy atom. The molecule has 6 heteroatoms. The van der Waals surface area contributed by atoms with Gasteiger partial charge in [-0.05, 0) is 36.5 Å². The number of aliphatic carboxylic acids is 1.